The van der Waals surface area contributed by atoms with Gasteiger partial charge < -0.3 is 16.0 Å². The average molecular weight is 260 g/mol. The van der Waals surface area contributed by atoms with Crippen LogP contribution in [0.3, 0.4) is 0 Å². The topological polar surface area (TPSA) is 65.5 Å². The maximum Gasteiger partial charge on any atom is 0.251 e. The van der Waals surface area contributed by atoms with Crippen molar-refractivity contribution < 1.29 is 4.79 Å². The molecule has 0 radical (unpaired) electrons. The summed E-state index contributed by atoms with van der Waals surface area (Å²) >= 11 is 0. The van der Waals surface area contributed by atoms with Gasteiger partial charge in [-0.1, -0.05) is 12.1 Å². The summed E-state index contributed by atoms with van der Waals surface area (Å²) in [7, 11) is 0. The second kappa shape index (κ2) is 6.22. The molecule has 1 aliphatic rings. The van der Waals surface area contributed by atoms with Crippen LogP contribution < -0.4 is 16.0 Å². The Bertz CT molecular complexity index is 484. The summed E-state index contributed by atoms with van der Waals surface area (Å²) in [4.78, 5) is 16.1. The molecule has 1 heterocycles. The smallest absolute Gasteiger partial charge is 0.251 e. The van der Waals surface area contributed by atoms with Crippen molar-refractivity contribution in [1.82, 2.24) is 16.0 Å². The van der Waals surface area contributed by atoms with Gasteiger partial charge in [0.2, 0.25) is 0 Å². The van der Waals surface area contributed by atoms with Crippen LogP contribution in [0.2, 0.25) is 0 Å². The van der Waals surface area contributed by atoms with Gasteiger partial charge in [0.05, 0.1) is 6.54 Å². The van der Waals surface area contributed by atoms with Gasteiger partial charge in [-0.05, 0) is 31.5 Å². The van der Waals surface area contributed by atoms with Crippen LogP contribution in [0.25, 0.3) is 0 Å². The molecule has 19 heavy (non-hydrogen) atoms. The number of benzene rings is 1. The lowest BCUT2D eigenvalue weighted by atomic mass is 10.1. The molecule has 5 nitrogen and oxygen atoms in total. The van der Waals surface area contributed by atoms with Crippen LogP contribution in [0.15, 0.2) is 29.3 Å². The van der Waals surface area contributed by atoms with Gasteiger partial charge in [0, 0.05) is 24.7 Å². The molecule has 0 fully saturated rings. The van der Waals surface area contributed by atoms with E-state index >= 15 is 0 Å². The number of nitrogens with one attached hydrogen (secondary N) is 3. The Kier molecular flexibility index (Phi) is 4.39. The van der Waals surface area contributed by atoms with Crippen LogP contribution in [-0.2, 0) is 6.54 Å². The van der Waals surface area contributed by atoms with Gasteiger partial charge in [0.15, 0.2) is 5.96 Å². The minimum absolute atomic E-state index is 0.0331. The number of rotatable bonds is 4. The van der Waals surface area contributed by atoms with Gasteiger partial charge in [0.1, 0.15) is 0 Å². The Hall–Kier alpha value is -2.04. The molecule has 1 aliphatic heterocycles. The predicted octanol–water partition coefficient (Wildman–Crippen LogP) is 0.874. The van der Waals surface area contributed by atoms with Crippen molar-refractivity contribution in [3.8, 4) is 0 Å². The number of hydrogen-bond acceptors (Lipinski definition) is 4. The van der Waals surface area contributed by atoms with E-state index in [-0.39, 0.29) is 5.91 Å². The zero-order valence-electron chi connectivity index (χ0n) is 11.4. The Labute approximate surface area is 113 Å². The number of guanidine groups is 1. The minimum atomic E-state index is -0.0331. The zero-order valence-corrected chi connectivity index (χ0v) is 11.4. The quantitative estimate of drug-likeness (QED) is 0.753. The lowest BCUT2D eigenvalue weighted by Crippen LogP contribution is -2.37. The highest BCUT2D eigenvalue weighted by Crippen LogP contribution is 2.05. The zero-order chi connectivity index (χ0) is 13.7. The van der Waals surface area contributed by atoms with Crippen molar-refractivity contribution in [3.05, 3.63) is 35.4 Å². The summed E-state index contributed by atoms with van der Waals surface area (Å²) < 4.78 is 0. The molecular formula is C14H20N4O. The number of aliphatic imine (C=N–C) groups is 1. The van der Waals surface area contributed by atoms with E-state index in [1.165, 1.54) is 0 Å². The first-order valence-corrected chi connectivity index (χ1v) is 6.61. The number of nitrogens with zero attached hydrogens (tertiary/aromatic N) is 1. The van der Waals surface area contributed by atoms with Crippen molar-refractivity contribution in [1.29, 1.82) is 0 Å². The van der Waals surface area contributed by atoms with E-state index in [9.17, 15) is 4.79 Å². The molecule has 5 heteroatoms. The van der Waals surface area contributed by atoms with Crippen molar-refractivity contribution in [3.63, 3.8) is 0 Å². The highest BCUT2D eigenvalue weighted by molar-refractivity contribution is 5.94. The van der Waals surface area contributed by atoms with Crippen molar-refractivity contribution in [2.75, 3.05) is 13.1 Å². The first-order chi connectivity index (χ1) is 9.19. The monoisotopic (exact) mass is 260 g/mol. The molecule has 0 aliphatic carbocycles. The first-order valence-electron chi connectivity index (χ1n) is 6.61. The van der Waals surface area contributed by atoms with E-state index in [2.05, 4.69) is 27.9 Å². The third-order valence-electron chi connectivity index (χ3n) is 2.89. The molecule has 102 valence electrons. The Morgan fingerprint density at radius 1 is 1.53 bits per heavy atom. The van der Waals surface area contributed by atoms with Gasteiger partial charge in [0.25, 0.3) is 5.91 Å². The van der Waals surface area contributed by atoms with E-state index in [0.29, 0.717) is 24.7 Å². The highest BCUT2D eigenvalue weighted by Gasteiger charge is 2.11. The molecule has 1 aromatic carbocycles. The van der Waals surface area contributed by atoms with Crippen LogP contribution in [0.4, 0.5) is 0 Å². The van der Waals surface area contributed by atoms with Gasteiger partial charge in [-0.15, -0.1) is 0 Å². The molecule has 0 aromatic heterocycles. The van der Waals surface area contributed by atoms with Gasteiger partial charge in [-0.2, -0.15) is 0 Å². The number of hydrogen-bond donors (Lipinski definition) is 3. The number of carbonyl (C=O) groups excluding carboxylic acids is 1. The summed E-state index contributed by atoms with van der Waals surface area (Å²) in [6.45, 7) is 6.11. The molecule has 1 atom stereocenters. The number of carbonyl (C=O) groups is 1. The second-order valence-corrected chi connectivity index (χ2v) is 4.65. The van der Waals surface area contributed by atoms with E-state index in [4.69, 9.17) is 0 Å². The maximum atomic E-state index is 11.7. The largest absolute Gasteiger partial charge is 0.352 e. The molecule has 1 unspecified atom stereocenters. The van der Waals surface area contributed by atoms with E-state index < -0.39 is 0 Å². The normalized spacial score (nSPS) is 17.6. The molecule has 1 aromatic rings. The molecule has 0 saturated heterocycles. The van der Waals surface area contributed by atoms with Crippen molar-refractivity contribution in [2.24, 2.45) is 4.99 Å². The first kappa shape index (κ1) is 13.4. The third kappa shape index (κ3) is 3.71. The van der Waals surface area contributed by atoms with Crippen molar-refractivity contribution >= 4 is 11.9 Å². The fraction of sp³-hybridized carbons (Fsp3) is 0.429. The standard InChI is InChI=1S/C14H20N4O/c1-3-15-13(19)12-6-4-5-11(7-12)9-17-14-16-8-10(2)18-14/h4-7,10H,3,8-9H2,1-2H3,(H,15,19)(H2,16,17,18). The van der Waals surface area contributed by atoms with Crippen LogP contribution in [0, 0.1) is 0 Å². The molecule has 0 spiro atoms. The predicted molar refractivity (Wildman–Crippen MR) is 76.2 cm³/mol. The molecule has 1 amide bonds. The molecule has 0 saturated carbocycles. The Morgan fingerprint density at radius 3 is 3.05 bits per heavy atom. The second-order valence-electron chi connectivity index (χ2n) is 4.65. The summed E-state index contributed by atoms with van der Waals surface area (Å²) in [6.07, 6.45) is 0. The third-order valence-corrected chi connectivity index (χ3v) is 2.89. The summed E-state index contributed by atoms with van der Waals surface area (Å²) in [6, 6.07) is 8.01. The fourth-order valence-corrected chi connectivity index (χ4v) is 1.93. The van der Waals surface area contributed by atoms with Crippen molar-refractivity contribution in [2.45, 2.75) is 26.4 Å². The van der Waals surface area contributed by atoms with Gasteiger partial charge in [-0.25, -0.2) is 0 Å². The van der Waals surface area contributed by atoms with Crippen LogP contribution in [0.5, 0.6) is 0 Å². The van der Waals surface area contributed by atoms with Crippen LogP contribution in [-0.4, -0.2) is 31.0 Å². The SMILES string of the molecule is CCNC(=O)c1cccc(CNC2=NCC(C)N2)c1. The van der Waals surface area contributed by atoms with Crippen LogP contribution in [0.1, 0.15) is 29.8 Å². The van der Waals surface area contributed by atoms with Gasteiger partial charge in [-0.3, -0.25) is 9.79 Å². The Balaban J connectivity index is 1.94. The Morgan fingerprint density at radius 2 is 2.37 bits per heavy atom. The lowest BCUT2D eigenvalue weighted by Gasteiger charge is -2.09. The minimum Gasteiger partial charge on any atom is -0.352 e. The highest BCUT2D eigenvalue weighted by atomic mass is 16.1. The number of amides is 1. The molecule has 0 bridgehead atoms. The van der Waals surface area contributed by atoms with E-state index in [1.807, 2.05) is 31.2 Å². The average Bonchev–Trinajstić information content (AvgIpc) is 2.83. The summed E-state index contributed by atoms with van der Waals surface area (Å²) in [5, 5.41) is 9.27. The molecule has 3 N–H and O–H groups in total. The van der Waals surface area contributed by atoms with E-state index in [1.54, 1.807) is 0 Å². The summed E-state index contributed by atoms with van der Waals surface area (Å²) in [5.74, 6) is 0.796. The molecular weight excluding hydrogens is 240 g/mol. The van der Waals surface area contributed by atoms with Gasteiger partial charge >= 0.3 is 0 Å². The maximum absolute atomic E-state index is 11.7. The van der Waals surface area contributed by atoms with E-state index in [0.717, 1.165) is 18.1 Å². The fourth-order valence-electron chi connectivity index (χ4n) is 1.93. The lowest BCUT2D eigenvalue weighted by molar-refractivity contribution is 0.0955. The molecule has 2 rings (SSSR count). The summed E-state index contributed by atoms with van der Waals surface area (Å²) in [5.41, 5.74) is 1.75. The van der Waals surface area contributed by atoms with Crippen LogP contribution >= 0.6 is 0 Å².